The summed E-state index contributed by atoms with van der Waals surface area (Å²) in [4.78, 5) is 5.87. The molecular formula is C33H38N2O3S. The lowest BCUT2D eigenvalue weighted by atomic mass is 9.96. The van der Waals surface area contributed by atoms with Gasteiger partial charge < -0.3 is 14.9 Å². The van der Waals surface area contributed by atoms with Crippen LogP contribution in [0.2, 0.25) is 0 Å². The number of phenolic OH excluding ortho intramolecular Hbond substituents is 1. The monoisotopic (exact) mass is 542 g/mol. The SMILES string of the molecule is Cc1cc(Cc2c(-c3ccc(OCCN4CCCC4)cc3)sc3cc(O)ccc23)ccc1CN1CCC[C@H]1O. The summed E-state index contributed by atoms with van der Waals surface area (Å²) in [6.07, 6.45) is 5.04. The molecule has 3 aromatic carbocycles. The Kier molecular flexibility index (Phi) is 7.89. The minimum atomic E-state index is -0.318. The van der Waals surface area contributed by atoms with Gasteiger partial charge in [0.15, 0.2) is 0 Å². The average molecular weight is 543 g/mol. The number of aliphatic hydroxyl groups excluding tert-OH is 1. The molecule has 0 unspecified atom stereocenters. The van der Waals surface area contributed by atoms with Gasteiger partial charge in [0, 0.05) is 29.2 Å². The van der Waals surface area contributed by atoms with Crippen molar-refractivity contribution in [2.45, 2.75) is 51.8 Å². The summed E-state index contributed by atoms with van der Waals surface area (Å²) in [5.74, 6) is 1.21. The number of phenols is 1. The van der Waals surface area contributed by atoms with Gasteiger partial charge in [-0.15, -0.1) is 11.3 Å². The van der Waals surface area contributed by atoms with Gasteiger partial charge in [-0.25, -0.2) is 0 Å². The van der Waals surface area contributed by atoms with Crippen molar-refractivity contribution in [2.75, 3.05) is 32.8 Å². The number of aromatic hydroxyl groups is 1. The molecule has 0 amide bonds. The summed E-state index contributed by atoms with van der Waals surface area (Å²) in [7, 11) is 0. The molecule has 1 aromatic heterocycles. The third kappa shape index (κ3) is 5.99. The van der Waals surface area contributed by atoms with E-state index in [-0.39, 0.29) is 6.23 Å². The first-order valence-electron chi connectivity index (χ1n) is 14.2. The largest absolute Gasteiger partial charge is 0.508 e. The van der Waals surface area contributed by atoms with Crippen molar-refractivity contribution in [2.24, 2.45) is 0 Å². The van der Waals surface area contributed by atoms with Crippen molar-refractivity contribution in [1.82, 2.24) is 9.80 Å². The van der Waals surface area contributed by atoms with Crippen molar-refractivity contribution in [3.05, 3.63) is 82.9 Å². The molecule has 0 aliphatic carbocycles. The Morgan fingerprint density at radius 2 is 1.77 bits per heavy atom. The van der Waals surface area contributed by atoms with Gasteiger partial charge in [0.25, 0.3) is 0 Å². The normalized spacial score (nSPS) is 18.4. The molecule has 6 heteroatoms. The summed E-state index contributed by atoms with van der Waals surface area (Å²) >= 11 is 1.74. The first kappa shape index (κ1) is 26.3. The fraction of sp³-hybridized carbons (Fsp3) is 0.394. The summed E-state index contributed by atoms with van der Waals surface area (Å²) in [6, 6.07) is 20.9. The molecule has 2 saturated heterocycles. The smallest absolute Gasteiger partial charge is 0.119 e. The molecule has 0 saturated carbocycles. The lowest BCUT2D eigenvalue weighted by Crippen LogP contribution is -2.28. The number of hydrogen-bond acceptors (Lipinski definition) is 6. The van der Waals surface area contributed by atoms with Crippen LogP contribution < -0.4 is 4.74 Å². The summed E-state index contributed by atoms with van der Waals surface area (Å²) in [6.45, 7) is 8.02. The van der Waals surface area contributed by atoms with Gasteiger partial charge in [-0.05, 0) is 128 Å². The van der Waals surface area contributed by atoms with E-state index in [0.29, 0.717) is 5.75 Å². The van der Waals surface area contributed by atoms with Crippen LogP contribution in [-0.4, -0.2) is 59.0 Å². The molecule has 2 N–H and O–H groups in total. The topological polar surface area (TPSA) is 56.2 Å². The highest BCUT2D eigenvalue weighted by molar-refractivity contribution is 7.22. The fourth-order valence-corrected chi connectivity index (χ4v) is 7.27. The predicted octanol–water partition coefficient (Wildman–Crippen LogP) is 6.56. The van der Waals surface area contributed by atoms with E-state index in [1.807, 2.05) is 12.1 Å². The number of hydrogen-bond donors (Lipinski definition) is 2. The molecule has 3 heterocycles. The predicted molar refractivity (Wildman–Crippen MR) is 160 cm³/mol. The molecule has 4 aromatic rings. The molecular weight excluding hydrogens is 504 g/mol. The van der Waals surface area contributed by atoms with Crippen molar-refractivity contribution >= 4 is 21.4 Å². The number of rotatable bonds is 9. The zero-order valence-corrected chi connectivity index (χ0v) is 23.6. The van der Waals surface area contributed by atoms with Gasteiger partial charge in [0.05, 0.1) is 0 Å². The van der Waals surface area contributed by atoms with Crippen LogP contribution in [0.15, 0.2) is 60.7 Å². The zero-order valence-electron chi connectivity index (χ0n) is 22.7. The molecule has 0 bridgehead atoms. The zero-order chi connectivity index (χ0) is 26.8. The van der Waals surface area contributed by atoms with E-state index in [9.17, 15) is 10.2 Å². The number of benzene rings is 3. The molecule has 2 aliphatic rings. The number of nitrogens with zero attached hydrogens (tertiary/aromatic N) is 2. The Balaban J connectivity index is 1.23. The second kappa shape index (κ2) is 11.7. The molecule has 2 aliphatic heterocycles. The number of thiophene rings is 1. The van der Waals surface area contributed by atoms with E-state index >= 15 is 0 Å². The maximum Gasteiger partial charge on any atom is 0.119 e. The molecule has 5 nitrogen and oxygen atoms in total. The van der Waals surface area contributed by atoms with Crippen LogP contribution in [-0.2, 0) is 13.0 Å². The summed E-state index contributed by atoms with van der Waals surface area (Å²) < 4.78 is 7.15. The first-order chi connectivity index (χ1) is 19.0. The number of likely N-dealkylation sites (tertiary alicyclic amines) is 2. The lowest BCUT2D eigenvalue weighted by molar-refractivity contribution is 0.0327. The van der Waals surface area contributed by atoms with Crippen molar-refractivity contribution < 1.29 is 14.9 Å². The van der Waals surface area contributed by atoms with Gasteiger partial charge in [0.2, 0.25) is 0 Å². The minimum Gasteiger partial charge on any atom is -0.508 e. The van der Waals surface area contributed by atoms with E-state index < -0.39 is 0 Å². The molecule has 2 fully saturated rings. The van der Waals surface area contributed by atoms with Crippen LogP contribution in [0, 0.1) is 6.92 Å². The third-order valence-corrected chi connectivity index (χ3v) is 9.50. The Labute approximate surface area is 235 Å². The van der Waals surface area contributed by atoms with E-state index in [4.69, 9.17) is 4.74 Å². The number of aryl methyl sites for hydroxylation is 1. The lowest BCUT2D eigenvalue weighted by Gasteiger charge is -2.21. The molecule has 39 heavy (non-hydrogen) atoms. The third-order valence-electron chi connectivity index (χ3n) is 8.26. The van der Waals surface area contributed by atoms with Gasteiger partial charge in [-0.2, -0.15) is 0 Å². The van der Waals surface area contributed by atoms with Crippen LogP contribution in [0.5, 0.6) is 11.5 Å². The van der Waals surface area contributed by atoms with Gasteiger partial charge in [0.1, 0.15) is 24.3 Å². The fourth-order valence-electron chi connectivity index (χ4n) is 6.01. The van der Waals surface area contributed by atoms with Gasteiger partial charge in [-0.3, -0.25) is 9.80 Å². The Morgan fingerprint density at radius 3 is 2.51 bits per heavy atom. The second-order valence-electron chi connectivity index (χ2n) is 11.0. The van der Waals surface area contributed by atoms with Crippen LogP contribution in [0.3, 0.4) is 0 Å². The maximum absolute atomic E-state index is 10.2. The van der Waals surface area contributed by atoms with Crippen molar-refractivity contribution in [3.63, 3.8) is 0 Å². The number of ether oxygens (including phenoxy) is 1. The standard InChI is InChI=1S/C33H38N2O3S/c1-23-19-24(6-7-26(23)22-35-16-4-5-32(35)37)20-30-29-13-10-27(36)21-31(29)39-33(30)25-8-11-28(12-9-25)38-18-17-34-14-2-3-15-34/h6-13,19,21,32,36-37H,2-5,14-18,20,22H2,1H3/t32-/m1/s1. The van der Waals surface area contributed by atoms with Gasteiger partial charge >= 0.3 is 0 Å². The van der Waals surface area contributed by atoms with Crippen LogP contribution in [0.1, 0.15) is 47.9 Å². The van der Waals surface area contributed by atoms with Gasteiger partial charge in [-0.1, -0.05) is 18.2 Å². The highest BCUT2D eigenvalue weighted by atomic mass is 32.1. The van der Waals surface area contributed by atoms with Crippen LogP contribution >= 0.6 is 11.3 Å². The van der Waals surface area contributed by atoms with Crippen LogP contribution in [0.25, 0.3) is 20.5 Å². The summed E-state index contributed by atoms with van der Waals surface area (Å²) in [5.41, 5.74) is 6.28. The molecule has 204 valence electrons. The molecule has 1 atom stereocenters. The molecule has 0 radical (unpaired) electrons. The molecule has 6 rings (SSSR count). The first-order valence-corrected chi connectivity index (χ1v) is 15.1. The van der Waals surface area contributed by atoms with E-state index in [1.54, 1.807) is 17.4 Å². The van der Waals surface area contributed by atoms with E-state index in [0.717, 1.165) is 56.0 Å². The highest BCUT2D eigenvalue weighted by Crippen LogP contribution is 2.41. The number of fused-ring (bicyclic) bond motifs is 1. The van der Waals surface area contributed by atoms with Crippen LogP contribution in [0.4, 0.5) is 0 Å². The number of aliphatic hydroxyl groups is 1. The minimum absolute atomic E-state index is 0.299. The average Bonchev–Trinajstić information content (AvgIpc) is 3.67. The second-order valence-corrected chi connectivity index (χ2v) is 12.1. The maximum atomic E-state index is 10.2. The Hall–Kier alpha value is -2.90. The van der Waals surface area contributed by atoms with Crippen molar-refractivity contribution in [3.8, 4) is 21.9 Å². The summed E-state index contributed by atoms with van der Waals surface area (Å²) in [5, 5.41) is 21.6. The quantitative estimate of drug-likeness (QED) is 0.251. The molecule has 0 spiro atoms. The van der Waals surface area contributed by atoms with E-state index in [1.165, 1.54) is 64.0 Å². The Bertz CT molecular complexity index is 1430. The Morgan fingerprint density at radius 1 is 0.949 bits per heavy atom. The highest BCUT2D eigenvalue weighted by Gasteiger charge is 2.22. The van der Waals surface area contributed by atoms with E-state index in [2.05, 4.69) is 59.2 Å². The van der Waals surface area contributed by atoms with Crippen molar-refractivity contribution in [1.29, 1.82) is 0 Å².